The van der Waals surface area contributed by atoms with Gasteiger partial charge in [0.15, 0.2) is 6.61 Å². The molecule has 0 saturated heterocycles. The Morgan fingerprint density at radius 1 is 1.35 bits per heavy atom. The van der Waals surface area contributed by atoms with Crippen LogP contribution in [-0.4, -0.2) is 24.0 Å². The van der Waals surface area contributed by atoms with E-state index in [1.165, 1.54) is 16.0 Å². The lowest BCUT2D eigenvalue weighted by atomic mass is 10.0. The number of hydrogen-bond donors (Lipinski definition) is 0. The molecule has 122 valence electrons. The molecular weight excluding hydrogens is 306 g/mol. The topological polar surface area (TPSA) is 29.5 Å². The Labute approximate surface area is 141 Å². The minimum Gasteiger partial charge on any atom is -0.483 e. The second-order valence-corrected chi connectivity index (χ2v) is 7.40. The molecule has 3 rings (SSSR count). The van der Waals surface area contributed by atoms with Crippen molar-refractivity contribution in [3.8, 4) is 5.75 Å². The number of thiophene rings is 1. The minimum atomic E-state index is 0.0659. The van der Waals surface area contributed by atoms with Crippen LogP contribution in [0.1, 0.15) is 41.3 Å². The van der Waals surface area contributed by atoms with Gasteiger partial charge in [-0.3, -0.25) is 4.79 Å². The van der Waals surface area contributed by atoms with E-state index in [1.807, 2.05) is 11.8 Å². The van der Waals surface area contributed by atoms with Crippen LogP contribution in [0.25, 0.3) is 0 Å². The maximum absolute atomic E-state index is 12.4. The molecule has 2 heterocycles. The molecular formula is C19H23NO2S. The average molecular weight is 329 g/mol. The van der Waals surface area contributed by atoms with Gasteiger partial charge in [0.2, 0.25) is 0 Å². The maximum Gasteiger partial charge on any atom is 0.260 e. The number of aryl methyl sites for hydroxylation is 1. The first-order valence-electron chi connectivity index (χ1n) is 8.11. The van der Waals surface area contributed by atoms with E-state index in [0.717, 1.165) is 24.3 Å². The highest BCUT2D eigenvalue weighted by atomic mass is 32.1. The van der Waals surface area contributed by atoms with Crippen LogP contribution in [-0.2, 0) is 17.8 Å². The van der Waals surface area contributed by atoms with E-state index in [0.29, 0.717) is 12.5 Å². The molecule has 2 aromatic rings. The SMILES string of the molecule is Cc1ccc(C(C)C)cc1OCC(=O)N1CCc2sccc2C1. The molecule has 1 aromatic carbocycles. The summed E-state index contributed by atoms with van der Waals surface area (Å²) in [6.45, 7) is 7.95. The predicted octanol–water partition coefficient (Wildman–Crippen LogP) is 4.14. The van der Waals surface area contributed by atoms with Crippen LogP contribution >= 0.6 is 11.3 Å². The summed E-state index contributed by atoms with van der Waals surface area (Å²) < 4.78 is 5.82. The molecule has 1 aromatic heterocycles. The van der Waals surface area contributed by atoms with Crippen LogP contribution in [0.2, 0.25) is 0 Å². The van der Waals surface area contributed by atoms with Gasteiger partial charge in [0.25, 0.3) is 5.91 Å². The van der Waals surface area contributed by atoms with Gasteiger partial charge < -0.3 is 9.64 Å². The van der Waals surface area contributed by atoms with E-state index < -0.39 is 0 Å². The van der Waals surface area contributed by atoms with Gasteiger partial charge in [-0.15, -0.1) is 11.3 Å². The van der Waals surface area contributed by atoms with E-state index in [9.17, 15) is 4.79 Å². The Morgan fingerprint density at radius 3 is 2.96 bits per heavy atom. The fourth-order valence-electron chi connectivity index (χ4n) is 2.82. The third kappa shape index (κ3) is 3.58. The molecule has 23 heavy (non-hydrogen) atoms. The van der Waals surface area contributed by atoms with Crippen LogP contribution in [0.4, 0.5) is 0 Å². The quantitative estimate of drug-likeness (QED) is 0.843. The van der Waals surface area contributed by atoms with Crippen molar-refractivity contribution in [1.29, 1.82) is 0 Å². The highest BCUT2D eigenvalue weighted by molar-refractivity contribution is 7.10. The molecule has 0 unspecified atom stereocenters. The lowest BCUT2D eigenvalue weighted by Crippen LogP contribution is -2.38. The molecule has 1 aliphatic heterocycles. The number of fused-ring (bicyclic) bond motifs is 1. The second kappa shape index (κ2) is 6.75. The Morgan fingerprint density at radius 2 is 2.17 bits per heavy atom. The van der Waals surface area contributed by atoms with Crippen molar-refractivity contribution < 1.29 is 9.53 Å². The number of ether oxygens (including phenoxy) is 1. The summed E-state index contributed by atoms with van der Waals surface area (Å²) in [6.07, 6.45) is 0.959. The number of hydrogen-bond acceptors (Lipinski definition) is 3. The zero-order chi connectivity index (χ0) is 16.4. The fourth-order valence-corrected chi connectivity index (χ4v) is 3.71. The summed E-state index contributed by atoms with van der Waals surface area (Å²) in [6, 6.07) is 8.36. The van der Waals surface area contributed by atoms with Crippen LogP contribution in [0.15, 0.2) is 29.6 Å². The highest BCUT2D eigenvalue weighted by Crippen LogP contribution is 2.26. The standard InChI is InChI=1S/C19H23NO2S/c1-13(2)15-5-4-14(3)17(10-15)22-12-19(21)20-8-6-18-16(11-20)7-9-23-18/h4-5,7,9-10,13H,6,8,11-12H2,1-3H3. The first kappa shape index (κ1) is 16.1. The van der Waals surface area contributed by atoms with Crippen molar-refractivity contribution in [3.63, 3.8) is 0 Å². The lowest BCUT2D eigenvalue weighted by molar-refractivity contribution is -0.134. The molecule has 0 fully saturated rings. The van der Waals surface area contributed by atoms with E-state index in [-0.39, 0.29) is 12.5 Å². The van der Waals surface area contributed by atoms with Crippen molar-refractivity contribution in [2.75, 3.05) is 13.2 Å². The summed E-state index contributed by atoms with van der Waals surface area (Å²) in [4.78, 5) is 15.7. The number of rotatable bonds is 4. The molecule has 0 radical (unpaired) electrons. The Kier molecular flexibility index (Phi) is 4.71. The molecule has 3 nitrogen and oxygen atoms in total. The minimum absolute atomic E-state index is 0.0659. The van der Waals surface area contributed by atoms with Gasteiger partial charge in [-0.2, -0.15) is 0 Å². The van der Waals surface area contributed by atoms with E-state index in [1.54, 1.807) is 11.3 Å². The van der Waals surface area contributed by atoms with Crippen molar-refractivity contribution in [2.24, 2.45) is 0 Å². The summed E-state index contributed by atoms with van der Waals surface area (Å²) >= 11 is 1.79. The molecule has 0 N–H and O–H groups in total. The van der Waals surface area contributed by atoms with Gasteiger partial charge in [0, 0.05) is 18.0 Å². The van der Waals surface area contributed by atoms with Crippen molar-refractivity contribution in [1.82, 2.24) is 4.90 Å². The number of carbonyl (C=O) groups is 1. The molecule has 0 aliphatic carbocycles. The van der Waals surface area contributed by atoms with Crippen LogP contribution < -0.4 is 4.74 Å². The Bertz CT molecular complexity index is 705. The van der Waals surface area contributed by atoms with Crippen molar-refractivity contribution in [2.45, 2.75) is 39.7 Å². The summed E-state index contributed by atoms with van der Waals surface area (Å²) in [7, 11) is 0. The Balaban J connectivity index is 1.62. The van der Waals surface area contributed by atoms with Crippen LogP contribution in [0.5, 0.6) is 5.75 Å². The summed E-state index contributed by atoms with van der Waals surface area (Å²) in [5.74, 6) is 1.33. The van der Waals surface area contributed by atoms with Gasteiger partial charge >= 0.3 is 0 Å². The van der Waals surface area contributed by atoms with Crippen molar-refractivity contribution in [3.05, 3.63) is 51.2 Å². The molecule has 0 bridgehead atoms. The maximum atomic E-state index is 12.4. The first-order chi connectivity index (χ1) is 11.0. The van der Waals surface area contributed by atoms with Gasteiger partial charge in [-0.25, -0.2) is 0 Å². The first-order valence-corrected chi connectivity index (χ1v) is 8.99. The largest absolute Gasteiger partial charge is 0.483 e. The highest BCUT2D eigenvalue weighted by Gasteiger charge is 2.21. The Hall–Kier alpha value is -1.81. The summed E-state index contributed by atoms with van der Waals surface area (Å²) in [5.41, 5.74) is 3.59. The molecule has 1 amide bonds. The number of benzene rings is 1. The summed E-state index contributed by atoms with van der Waals surface area (Å²) in [5, 5.41) is 2.11. The van der Waals surface area contributed by atoms with E-state index >= 15 is 0 Å². The third-order valence-electron chi connectivity index (χ3n) is 4.39. The second-order valence-electron chi connectivity index (χ2n) is 6.40. The van der Waals surface area contributed by atoms with Gasteiger partial charge in [0.1, 0.15) is 5.75 Å². The zero-order valence-corrected chi connectivity index (χ0v) is 14.8. The van der Waals surface area contributed by atoms with Crippen LogP contribution in [0, 0.1) is 6.92 Å². The van der Waals surface area contributed by atoms with Gasteiger partial charge in [-0.1, -0.05) is 26.0 Å². The monoisotopic (exact) mass is 329 g/mol. The van der Waals surface area contributed by atoms with Gasteiger partial charge in [-0.05, 0) is 53.5 Å². The fraction of sp³-hybridized carbons (Fsp3) is 0.421. The van der Waals surface area contributed by atoms with Gasteiger partial charge in [0.05, 0.1) is 0 Å². The molecule has 1 aliphatic rings. The number of carbonyl (C=O) groups excluding carboxylic acids is 1. The molecule has 0 spiro atoms. The number of amides is 1. The smallest absolute Gasteiger partial charge is 0.260 e. The molecule has 0 saturated carbocycles. The zero-order valence-electron chi connectivity index (χ0n) is 14.0. The third-order valence-corrected chi connectivity index (χ3v) is 5.41. The van der Waals surface area contributed by atoms with Crippen molar-refractivity contribution >= 4 is 17.2 Å². The van der Waals surface area contributed by atoms with E-state index in [2.05, 4.69) is 43.5 Å². The molecule has 4 heteroatoms. The molecule has 0 atom stereocenters. The number of nitrogens with zero attached hydrogens (tertiary/aromatic N) is 1. The lowest BCUT2D eigenvalue weighted by Gasteiger charge is -2.27. The predicted molar refractivity (Wildman–Crippen MR) is 94.2 cm³/mol. The normalized spacial score (nSPS) is 14.0. The van der Waals surface area contributed by atoms with E-state index in [4.69, 9.17) is 4.74 Å². The average Bonchev–Trinajstić information content (AvgIpc) is 3.01. The van der Waals surface area contributed by atoms with Crippen LogP contribution in [0.3, 0.4) is 0 Å².